The predicted octanol–water partition coefficient (Wildman–Crippen LogP) is 2.25. The van der Waals surface area contributed by atoms with E-state index in [1.165, 1.54) is 0 Å². The molecule has 1 rings (SSSR count). The van der Waals surface area contributed by atoms with E-state index < -0.39 is 24.9 Å². The van der Waals surface area contributed by atoms with E-state index in [9.17, 15) is 19.6 Å². The van der Waals surface area contributed by atoms with Gasteiger partial charge in [0.2, 0.25) is 5.91 Å². The van der Waals surface area contributed by atoms with Gasteiger partial charge in [-0.25, -0.2) is 0 Å². The molecule has 0 saturated carbocycles. The van der Waals surface area contributed by atoms with Crippen molar-refractivity contribution in [1.29, 1.82) is 0 Å². The van der Waals surface area contributed by atoms with Gasteiger partial charge in [0.1, 0.15) is 0 Å². The van der Waals surface area contributed by atoms with Crippen molar-refractivity contribution in [2.75, 3.05) is 6.54 Å². The third kappa shape index (κ3) is 6.83. The molecule has 0 spiro atoms. The molecule has 0 aliphatic rings. The molecule has 0 heterocycles. The lowest BCUT2D eigenvalue weighted by atomic mass is 9.75. The van der Waals surface area contributed by atoms with Crippen molar-refractivity contribution in [3.05, 3.63) is 31.1 Å². The summed E-state index contributed by atoms with van der Waals surface area (Å²) >= 11 is 9.94. The van der Waals surface area contributed by atoms with Crippen molar-refractivity contribution in [1.82, 2.24) is 10.6 Å². The lowest BCUT2D eigenvalue weighted by Gasteiger charge is -2.19. The molecule has 0 aliphatic carbocycles. The van der Waals surface area contributed by atoms with Crippen LogP contribution in [-0.2, 0) is 4.79 Å². The van der Waals surface area contributed by atoms with Crippen LogP contribution in [0.25, 0.3) is 0 Å². The monoisotopic (exact) mass is 526 g/mol. The normalized spacial score (nSPS) is 12.0. The van der Waals surface area contributed by atoms with Gasteiger partial charge in [0.05, 0.1) is 18.0 Å². The summed E-state index contributed by atoms with van der Waals surface area (Å²) in [7, 11) is -1.65. The summed E-state index contributed by atoms with van der Waals surface area (Å²) < 4.78 is 1.99. The van der Waals surface area contributed by atoms with E-state index >= 15 is 0 Å². The third-order valence-corrected chi connectivity index (χ3v) is 5.55. The minimum absolute atomic E-state index is 0.182. The van der Waals surface area contributed by atoms with E-state index in [0.29, 0.717) is 25.4 Å². The number of hydrogen-bond acceptors (Lipinski definition) is 4. The fraction of sp³-hybridized carbons (Fsp3) is 0.429. The van der Waals surface area contributed by atoms with Crippen molar-refractivity contribution in [2.45, 2.75) is 26.2 Å². The van der Waals surface area contributed by atoms with Crippen molar-refractivity contribution in [2.24, 2.45) is 5.92 Å². The number of halogens is 3. The van der Waals surface area contributed by atoms with E-state index in [4.69, 9.17) is 0 Å². The van der Waals surface area contributed by atoms with Crippen LogP contribution in [0.4, 0.5) is 0 Å². The van der Waals surface area contributed by atoms with Crippen molar-refractivity contribution in [3.8, 4) is 0 Å². The molecule has 1 aromatic rings. The quantitative estimate of drug-likeness (QED) is 0.322. The van der Waals surface area contributed by atoms with Gasteiger partial charge in [-0.3, -0.25) is 9.59 Å². The molecule has 24 heavy (non-hydrogen) atoms. The van der Waals surface area contributed by atoms with Crippen LogP contribution in [-0.4, -0.2) is 41.5 Å². The van der Waals surface area contributed by atoms with Crippen molar-refractivity contribution < 1.29 is 19.6 Å². The highest BCUT2D eigenvalue weighted by Gasteiger charge is 2.26. The first kappa shape index (κ1) is 21.6. The van der Waals surface area contributed by atoms with Crippen LogP contribution in [0.5, 0.6) is 0 Å². The maximum Gasteiger partial charge on any atom is 0.475 e. The zero-order valence-electron chi connectivity index (χ0n) is 13.1. The highest BCUT2D eigenvalue weighted by atomic mass is 79.9. The predicted molar refractivity (Wildman–Crippen MR) is 103 cm³/mol. The second-order valence-corrected chi connectivity index (χ2v) is 8.21. The van der Waals surface area contributed by atoms with Gasteiger partial charge < -0.3 is 20.7 Å². The Hall–Kier alpha value is -0.415. The minimum Gasteiger partial charge on any atom is -0.426 e. The Morgan fingerprint density at radius 2 is 1.83 bits per heavy atom. The van der Waals surface area contributed by atoms with Gasteiger partial charge in [-0.05, 0) is 56.3 Å². The van der Waals surface area contributed by atoms with E-state index in [2.05, 4.69) is 58.4 Å². The van der Waals surface area contributed by atoms with E-state index in [1.54, 1.807) is 12.1 Å². The number of rotatable bonds is 7. The molecule has 0 fully saturated rings. The molecule has 0 aromatic heterocycles. The largest absolute Gasteiger partial charge is 0.475 e. The zero-order chi connectivity index (χ0) is 18.4. The summed E-state index contributed by atoms with van der Waals surface area (Å²) in [6.07, 6.45) is 0.418. The second-order valence-electron chi connectivity index (χ2n) is 5.65. The fourth-order valence-electron chi connectivity index (χ4n) is 2.00. The molecule has 0 radical (unpaired) electrons. The maximum atomic E-state index is 12.2. The van der Waals surface area contributed by atoms with Gasteiger partial charge in [0.15, 0.2) is 0 Å². The molecule has 0 saturated heterocycles. The van der Waals surface area contributed by atoms with E-state index in [-0.39, 0.29) is 12.5 Å². The molecular formula is C14H18BBr3N2O4. The number of amides is 2. The summed E-state index contributed by atoms with van der Waals surface area (Å²) in [5, 5.41) is 23.6. The van der Waals surface area contributed by atoms with E-state index in [1.807, 2.05) is 13.8 Å². The molecule has 1 atom stereocenters. The van der Waals surface area contributed by atoms with Gasteiger partial charge >= 0.3 is 7.12 Å². The first-order valence-electron chi connectivity index (χ1n) is 7.20. The first-order chi connectivity index (χ1) is 11.1. The Morgan fingerprint density at radius 3 is 2.38 bits per heavy atom. The Labute approximate surface area is 166 Å². The van der Waals surface area contributed by atoms with Gasteiger partial charge in [-0.2, -0.15) is 0 Å². The minimum atomic E-state index is -1.65. The van der Waals surface area contributed by atoms with Crippen LogP contribution >= 0.6 is 47.8 Å². The molecule has 6 nitrogen and oxygen atoms in total. The molecule has 4 N–H and O–H groups in total. The van der Waals surface area contributed by atoms with Crippen LogP contribution in [0, 0.1) is 5.92 Å². The zero-order valence-corrected chi connectivity index (χ0v) is 17.9. The maximum absolute atomic E-state index is 12.2. The standard InChI is InChI=1S/C14H18BBr3N2O4/c1-7(2)3-11(15(23)24)20-12(21)6-19-14(22)9-4-8(16)5-10(17)13(9)18/h4-5,7,11,23-24H,3,6H2,1-2H3,(H,19,22)(H,20,21)/t11-/m0/s1. The molecule has 0 unspecified atom stereocenters. The van der Waals surface area contributed by atoms with Crippen molar-refractivity contribution >= 4 is 66.7 Å². The third-order valence-electron chi connectivity index (χ3n) is 3.08. The molecule has 0 aliphatic heterocycles. The van der Waals surface area contributed by atoms with Gasteiger partial charge in [-0.15, -0.1) is 0 Å². The highest BCUT2D eigenvalue weighted by Crippen LogP contribution is 2.30. The highest BCUT2D eigenvalue weighted by molar-refractivity contribution is 9.13. The smallest absolute Gasteiger partial charge is 0.426 e. The van der Waals surface area contributed by atoms with Crippen LogP contribution < -0.4 is 10.6 Å². The molecule has 0 bridgehead atoms. The summed E-state index contributed by atoms with van der Waals surface area (Å²) in [6, 6.07) is 3.41. The number of benzene rings is 1. The summed E-state index contributed by atoms with van der Waals surface area (Å²) in [4.78, 5) is 24.1. The number of nitrogens with one attached hydrogen (secondary N) is 2. The second kappa shape index (κ2) is 9.91. The topological polar surface area (TPSA) is 98.7 Å². The van der Waals surface area contributed by atoms with Gasteiger partial charge in [-0.1, -0.05) is 29.8 Å². The Bertz CT molecular complexity index is 614. The Morgan fingerprint density at radius 1 is 1.21 bits per heavy atom. The van der Waals surface area contributed by atoms with Crippen LogP contribution in [0.2, 0.25) is 0 Å². The first-order valence-corrected chi connectivity index (χ1v) is 9.58. The number of carbonyl (C=O) groups is 2. The average molecular weight is 529 g/mol. The van der Waals surface area contributed by atoms with Crippen LogP contribution in [0.1, 0.15) is 30.6 Å². The molecule has 1 aromatic carbocycles. The molecule has 132 valence electrons. The van der Waals surface area contributed by atoms with Gasteiger partial charge in [0.25, 0.3) is 5.91 Å². The number of hydrogen-bond donors (Lipinski definition) is 4. The lowest BCUT2D eigenvalue weighted by molar-refractivity contribution is -0.120. The molecular weight excluding hydrogens is 511 g/mol. The lowest BCUT2D eigenvalue weighted by Crippen LogP contribution is -2.50. The van der Waals surface area contributed by atoms with Crippen LogP contribution in [0.15, 0.2) is 25.6 Å². The van der Waals surface area contributed by atoms with Crippen LogP contribution in [0.3, 0.4) is 0 Å². The van der Waals surface area contributed by atoms with E-state index in [0.717, 1.165) is 0 Å². The summed E-state index contributed by atoms with van der Waals surface area (Å²) in [5.74, 6) is -1.51. The average Bonchev–Trinajstić information content (AvgIpc) is 2.47. The Kier molecular flexibility index (Phi) is 8.93. The Balaban J connectivity index is 2.65. The number of carbonyl (C=O) groups excluding carboxylic acids is 2. The SMILES string of the molecule is CC(C)C[C@H](NC(=O)CNC(=O)c1cc(Br)cc(Br)c1Br)B(O)O. The summed E-state index contributed by atoms with van der Waals surface area (Å²) in [6.45, 7) is 3.55. The van der Waals surface area contributed by atoms with Gasteiger partial charge in [0, 0.05) is 13.4 Å². The molecule has 2 amide bonds. The van der Waals surface area contributed by atoms with Crippen molar-refractivity contribution in [3.63, 3.8) is 0 Å². The molecule has 10 heteroatoms. The fourth-order valence-corrected chi connectivity index (χ4v) is 3.63. The summed E-state index contributed by atoms with van der Waals surface area (Å²) in [5.41, 5.74) is 0.366.